The van der Waals surface area contributed by atoms with Crippen LogP contribution in [0.5, 0.6) is 0 Å². The molecule has 0 radical (unpaired) electrons. The highest BCUT2D eigenvalue weighted by atomic mass is 16.4. The molecule has 7 heteroatoms. The summed E-state index contributed by atoms with van der Waals surface area (Å²) in [6.07, 6.45) is 0.374. The monoisotopic (exact) mass is 291 g/mol. The number of benzene rings is 1. The molecule has 0 fully saturated rings. The van der Waals surface area contributed by atoms with E-state index in [0.717, 1.165) is 17.5 Å². The lowest BCUT2D eigenvalue weighted by Gasteiger charge is -2.27. The van der Waals surface area contributed by atoms with Crippen LogP contribution in [0.25, 0.3) is 0 Å². The summed E-state index contributed by atoms with van der Waals surface area (Å²) in [5, 5.41) is 14.4. The van der Waals surface area contributed by atoms with E-state index in [1.807, 2.05) is 24.3 Å². The number of carboxylic acid groups (broad SMARTS) is 1. The average Bonchev–Trinajstić information content (AvgIpc) is 2.45. The Morgan fingerprint density at radius 3 is 2.76 bits per heavy atom. The summed E-state index contributed by atoms with van der Waals surface area (Å²) >= 11 is 0. The van der Waals surface area contributed by atoms with Gasteiger partial charge in [0.15, 0.2) is 0 Å². The minimum absolute atomic E-state index is 0.435. The summed E-state index contributed by atoms with van der Waals surface area (Å²) in [7, 11) is 0. The fourth-order valence-corrected chi connectivity index (χ4v) is 2.39. The summed E-state index contributed by atoms with van der Waals surface area (Å²) in [5.41, 5.74) is 6.87. The summed E-state index contributed by atoms with van der Waals surface area (Å²) in [6, 6.07) is 5.55. The molecule has 7 nitrogen and oxygen atoms in total. The highest BCUT2D eigenvalue weighted by molar-refractivity contribution is 5.90. The number of hydrogen-bond donors (Lipinski definition) is 4. The maximum atomic E-state index is 12.3. The van der Waals surface area contributed by atoms with E-state index in [0.29, 0.717) is 6.54 Å². The van der Waals surface area contributed by atoms with Crippen LogP contribution in [0, 0.1) is 0 Å². The Balaban J connectivity index is 2.13. The topological polar surface area (TPSA) is 122 Å². The highest BCUT2D eigenvalue weighted by Crippen LogP contribution is 2.22. The number of hydrogen-bond acceptors (Lipinski definition) is 4. The third-order valence-electron chi connectivity index (χ3n) is 3.39. The molecule has 21 heavy (non-hydrogen) atoms. The van der Waals surface area contributed by atoms with E-state index in [1.165, 1.54) is 0 Å². The van der Waals surface area contributed by atoms with Crippen molar-refractivity contribution in [1.29, 1.82) is 0 Å². The average molecular weight is 291 g/mol. The third-order valence-corrected chi connectivity index (χ3v) is 3.39. The molecular formula is C14H17N3O4. The molecule has 2 atom stereocenters. The van der Waals surface area contributed by atoms with Crippen molar-refractivity contribution in [2.24, 2.45) is 5.73 Å². The van der Waals surface area contributed by atoms with Crippen molar-refractivity contribution in [1.82, 2.24) is 10.6 Å². The van der Waals surface area contributed by atoms with Crippen LogP contribution in [0.15, 0.2) is 24.3 Å². The van der Waals surface area contributed by atoms with Crippen LogP contribution >= 0.6 is 0 Å². The Morgan fingerprint density at radius 2 is 2.10 bits per heavy atom. The zero-order chi connectivity index (χ0) is 15.4. The second-order valence-corrected chi connectivity index (χ2v) is 4.91. The van der Waals surface area contributed by atoms with Gasteiger partial charge in [0.25, 0.3) is 0 Å². The Kier molecular flexibility index (Phi) is 4.54. The molecule has 112 valence electrons. The van der Waals surface area contributed by atoms with Gasteiger partial charge in [0.1, 0.15) is 12.1 Å². The molecule has 0 aromatic heterocycles. The van der Waals surface area contributed by atoms with Gasteiger partial charge in [0, 0.05) is 6.54 Å². The van der Waals surface area contributed by atoms with Gasteiger partial charge >= 0.3 is 5.97 Å². The van der Waals surface area contributed by atoms with E-state index in [2.05, 4.69) is 10.6 Å². The normalized spacial score (nSPS) is 18.4. The summed E-state index contributed by atoms with van der Waals surface area (Å²) in [4.78, 5) is 34.2. The van der Waals surface area contributed by atoms with Gasteiger partial charge in [-0.15, -0.1) is 0 Å². The molecule has 1 aromatic carbocycles. The number of nitrogens with one attached hydrogen (secondary N) is 2. The molecule has 1 aliphatic rings. The number of carbonyl (C=O) groups is 3. The molecule has 5 N–H and O–H groups in total. The van der Waals surface area contributed by atoms with Crippen molar-refractivity contribution in [2.75, 3.05) is 6.54 Å². The summed E-state index contributed by atoms with van der Waals surface area (Å²) < 4.78 is 0. The van der Waals surface area contributed by atoms with Gasteiger partial charge in [-0.2, -0.15) is 0 Å². The van der Waals surface area contributed by atoms with Gasteiger partial charge in [0.05, 0.1) is 6.42 Å². The molecule has 0 aliphatic carbocycles. The van der Waals surface area contributed by atoms with E-state index in [9.17, 15) is 14.4 Å². The Morgan fingerprint density at radius 1 is 1.38 bits per heavy atom. The quantitative estimate of drug-likeness (QED) is 0.572. The van der Waals surface area contributed by atoms with Crippen LogP contribution in [-0.2, 0) is 20.8 Å². The molecule has 0 spiro atoms. The zero-order valence-electron chi connectivity index (χ0n) is 11.3. The van der Waals surface area contributed by atoms with Gasteiger partial charge < -0.3 is 21.5 Å². The molecule has 1 aliphatic heterocycles. The number of aliphatic carboxylic acids is 1. The van der Waals surface area contributed by atoms with Crippen molar-refractivity contribution in [3.05, 3.63) is 35.4 Å². The van der Waals surface area contributed by atoms with Crippen LogP contribution in [0.3, 0.4) is 0 Å². The van der Waals surface area contributed by atoms with Crippen LogP contribution < -0.4 is 16.4 Å². The third kappa shape index (κ3) is 3.57. The fourth-order valence-electron chi connectivity index (χ4n) is 2.39. The molecule has 0 saturated carbocycles. The lowest BCUT2D eigenvalue weighted by atomic mass is 9.93. The molecule has 0 bridgehead atoms. The van der Waals surface area contributed by atoms with Gasteiger partial charge in [-0.3, -0.25) is 9.59 Å². The molecule has 1 unspecified atom stereocenters. The Labute approximate surface area is 121 Å². The Hall–Kier alpha value is -2.41. The first-order valence-corrected chi connectivity index (χ1v) is 6.61. The first-order chi connectivity index (χ1) is 9.99. The SMILES string of the molecule is NC(=O)C[C@@H](NC(=O)C1NCCc2ccccc21)C(=O)O. The first-order valence-electron chi connectivity index (χ1n) is 6.61. The fraction of sp³-hybridized carbons (Fsp3) is 0.357. The van der Waals surface area contributed by atoms with Crippen LogP contribution in [0.1, 0.15) is 23.6 Å². The smallest absolute Gasteiger partial charge is 0.326 e. The van der Waals surface area contributed by atoms with Gasteiger partial charge in [-0.1, -0.05) is 24.3 Å². The van der Waals surface area contributed by atoms with E-state index in [1.54, 1.807) is 0 Å². The van der Waals surface area contributed by atoms with Crippen LogP contribution in [0.4, 0.5) is 0 Å². The number of carboxylic acids is 1. The maximum absolute atomic E-state index is 12.3. The number of carbonyl (C=O) groups excluding carboxylic acids is 2. The van der Waals surface area contributed by atoms with E-state index in [-0.39, 0.29) is 0 Å². The molecule has 2 rings (SSSR count). The van der Waals surface area contributed by atoms with Gasteiger partial charge in [-0.05, 0) is 17.5 Å². The number of nitrogens with two attached hydrogens (primary N) is 1. The van der Waals surface area contributed by atoms with E-state index >= 15 is 0 Å². The van der Waals surface area contributed by atoms with E-state index < -0.39 is 36.3 Å². The number of primary amides is 1. The van der Waals surface area contributed by atoms with E-state index in [4.69, 9.17) is 10.8 Å². The largest absolute Gasteiger partial charge is 0.480 e. The van der Waals surface area contributed by atoms with Crippen molar-refractivity contribution < 1.29 is 19.5 Å². The number of fused-ring (bicyclic) bond motifs is 1. The highest BCUT2D eigenvalue weighted by Gasteiger charge is 2.30. The molecular weight excluding hydrogens is 274 g/mol. The Bertz CT molecular complexity index is 573. The standard InChI is InChI=1S/C14H17N3O4/c15-11(18)7-10(14(20)21)17-13(19)12-9-4-2-1-3-8(9)5-6-16-12/h1-4,10,12,16H,5-7H2,(H2,15,18)(H,17,19)(H,20,21)/t10-,12?/m1/s1. The van der Waals surface area contributed by atoms with Crippen molar-refractivity contribution in [3.63, 3.8) is 0 Å². The zero-order valence-corrected chi connectivity index (χ0v) is 11.3. The lowest BCUT2D eigenvalue weighted by Crippen LogP contribution is -2.49. The maximum Gasteiger partial charge on any atom is 0.326 e. The second-order valence-electron chi connectivity index (χ2n) is 4.91. The molecule has 2 amide bonds. The van der Waals surface area contributed by atoms with Crippen LogP contribution in [0.2, 0.25) is 0 Å². The van der Waals surface area contributed by atoms with Crippen molar-refractivity contribution in [3.8, 4) is 0 Å². The van der Waals surface area contributed by atoms with Gasteiger partial charge in [0.2, 0.25) is 11.8 Å². The van der Waals surface area contributed by atoms with Gasteiger partial charge in [-0.25, -0.2) is 4.79 Å². The minimum Gasteiger partial charge on any atom is -0.480 e. The van der Waals surface area contributed by atoms with Crippen LogP contribution in [-0.4, -0.2) is 35.5 Å². The molecule has 0 saturated heterocycles. The lowest BCUT2D eigenvalue weighted by molar-refractivity contribution is -0.143. The predicted octanol–water partition coefficient (Wildman–Crippen LogP) is -0.682. The van der Waals surface area contributed by atoms with Crippen molar-refractivity contribution >= 4 is 17.8 Å². The van der Waals surface area contributed by atoms with Crippen molar-refractivity contribution in [2.45, 2.75) is 24.9 Å². The molecule has 1 aromatic rings. The number of rotatable bonds is 5. The first kappa shape index (κ1) is 15.0. The number of amides is 2. The summed E-state index contributed by atoms with van der Waals surface area (Å²) in [5.74, 6) is -2.54. The predicted molar refractivity (Wildman–Crippen MR) is 74.3 cm³/mol. The summed E-state index contributed by atoms with van der Waals surface area (Å²) in [6.45, 7) is 0.628. The second kappa shape index (κ2) is 6.36. The molecule has 1 heterocycles. The minimum atomic E-state index is -1.31.